The Bertz CT molecular complexity index is 2380. The van der Waals surface area contributed by atoms with E-state index in [1.54, 1.807) is 12.1 Å². The fourth-order valence-electron chi connectivity index (χ4n) is 10.6. The average molecular weight is 841 g/mol. The van der Waals surface area contributed by atoms with Crippen molar-refractivity contribution in [2.45, 2.75) is 94.4 Å². The second-order valence-electron chi connectivity index (χ2n) is 16.3. The molecule has 4 bridgehead atoms. The Hall–Kier alpha value is -5.21. The van der Waals surface area contributed by atoms with Crippen LogP contribution in [0.5, 0.6) is 40.2 Å². The normalized spacial score (nSPS) is 27.4. The first kappa shape index (κ1) is 40.2. The molecule has 16 heteroatoms. The van der Waals surface area contributed by atoms with Crippen LogP contribution in [0, 0.1) is 25.2 Å². The Morgan fingerprint density at radius 1 is 1.03 bits per heavy atom. The Morgan fingerprint density at radius 3 is 2.53 bits per heavy atom. The summed E-state index contributed by atoms with van der Waals surface area (Å²) in [6.45, 7) is 7.12. The molecule has 0 amide bonds. The number of phenols is 1. The zero-order valence-corrected chi connectivity index (χ0v) is 35.4. The molecule has 0 aliphatic carbocycles. The van der Waals surface area contributed by atoms with Crippen LogP contribution in [0.25, 0.3) is 0 Å². The predicted molar refractivity (Wildman–Crippen MR) is 217 cm³/mol. The highest BCUT2D eigenvalue weighted by Gasteiger charge is 2.62. The second-order valence-corrected chi connectivity index (χ2v) is 17.4. The van der Waals surface area contributed by atoms with E-state index >= 15 is 0 Å². The summed E-state index contributed by atoms with van der Waals surface area (Å²) >= 11 is 1.47. The molecule has 2 saturated heterocycles. The molecule has 0 aromatic heterocycles. The number of phenolic OH excluding ortho intramolecular Hbond substituents is 1. The van der Waals surface area contributed by atoms with Crippen LogP contribution in [-0.4, -0.2) is 97.9 Å². The number of ether oxygens (including phenoxy) is 7. The third-order valence-corrected chi connectivity index (χ3v) is 14.6. The van der Waals surface area contributed by atoms with E-state index in [0.717, 1.165) is 16.7 Å². The molecule has 7 heterocycles. The van der Waals surface area contributed by atoms with Crippen LogP contribution in [0.15, 0.2) is 18.2 Å². The molecule has 1 spiro atoms. The lowest BCUT2D eigenvalue weighted by atomic mass is 9.71. The van der Waals surface area contributed by atoms with Crippen molar-refractivity contribution in [3.05, 3.63) is 62.7 Å². The minimum absolute atomic E-state index is 0.0340. The van der Waals surface area contributed by atoms with Crippen LogP contribution < -0.4 is 33.7 Å². The summed E-state index contributed by atoms with van der Waals surface area (Å²) < 4.78 is 42.3. The fourth-order valence-corrected chi connectivity index (χ4v) is 12.3. The second kappa shape index (κ2) is 15.1. The third kappa shape index (κ3) is 5.83. The first-order valence-electron chi connectivity index (χ1n) is 20.3. The Balaban J connectivity index is 1.29. The number of nitrogens with zero attached hydrogens (tertiary/aromatic N) is 3. The molecule has 316 valence electrons. The number of methoxy groups -OCH3 is 2. The van der Waals surface area contributed by atoms with Crippen LogP contribution in [0.2, 0.25) is 0 Å². The lowest BCUT2D eigenvalue weighted by molar-refractivity contribution is -0.157. The number of benzene rings is 3. The molecule has 2 N–H and O–H groups in total. The molecule has 3 aromatic carbocycles. The highest BCUT2D eigenvalue weighted by atomic mass is 32.2. The van der Waals surface area contributed by atoms with Crippen molar-refractivity contribution in [2.75, 3.05) is 47.0 Å². The summed E-state index contributed by atoms with van der Waals surface area (Å²) in [5.74, 6) is 0.866. The summed E-state index contributed by atoms with van der Waals surface area (Å²) in [6, 6.07) is 5.37. The fraction of sp³-hybridized carbons (Fsp3) is 0.500. The van der Waals surface area contributed by atoms with Gasteiger partial charge in [0.15, 0.2) is 40.0 Å². The van der Waals surface area contributed by atoms with Gasteiger partial charge in [0.2, 0.25) is 6.79 Å². The number of nitriles is 1. The van der Waals surface area contributed by atoms with Gasteiger partial charge >= 0.3 is 17.9 Å². The van der Waals surface area contributed by atoms with E-state index in [0.29, 0.717) is 82.4 Å². The average Bonchev–Trinajstić information content (AvgIpc) is 3.71. The highest BCUT2D eigenvalue weighted by molar-refractivity contribution is 7.99. The van der Waals surface area contributed by atoms with Gasteiger partial charge in [-0.25, -0.2) is 4.79 Å². The van der Waals surface area contributed by atoms with Gasteiger partial charge in [0.05, 0.1) is 37.6 Å². The monoisotopic (exact) mass is 840 g/mol. The van der Waals surface area contributed by atoms with Gasteiger partial charge in [-0.1, -0.05) is 13.0 Å². The number of carbonyl (C=O) groups is 3. The summed E-state index contributed by atoms with van der Waals surface area (Å²) in [7, 11) is 5.01. The molecule has 3 aromatic rings. The maximum atomic E-state index is 15.0. The Labute approximate surface area is 352 Å². The lowest BCUT2D eigenvalue weighted by Gasteiger charge is -2.62. The summed E-state index contributed by atoms with van der Waals surface area (Å²) in [6.07, 6.45) is 1.88. The third-order valence-electron chi connectivity index (χ3n) is 13.1. The molecule has 2 fully saturated rings. The Kier molecular flexibility index (Phi) is 10.1. The van der Waals surface area contributed by atoms with Crippen LogP contribution >= 0.6 is 11.8 Å². The maximum Gasteiger partial charge on any atom is 0.331 e. The number of rotatable bonds is 6. The smallest absolute Gasteiger partial charge is 0.331 e. The van der Waals surface area contributed by atoms with Gasteiger partial charge in [-0.15, -0.1) is 11.8 Å². The van der Waals surface area contributed by atoms with Crippen molar-refractivity contribution in [3.63, 3.8) is 0 Å². The van der Waals surface area contributed by atoms with Gasteiger partial charge in [-0.2, -0.15) is 5.26 Å². The summed E-state index contributed by atoms with van der Waals surface area (Å²) in [5, 5.41) is 26.3. The van der Waals surface area contributed by atoms with Crippen LogP contribution in [0.4, 0.5) is 0 Å². The van der Waals surface area contributed by atoms with E-state index in [4.69, 9.17) is 33.2 Å². The molecule has 7 aliphatic rings. The van der Waals surface area contributed by atoms with E-state index in [-0.39, 0.29) is 49.1 Å². The van der Waals surface area contributed by atoms with Gasteiger partial charge in [0, 0.05) is 60.0 Å². The van der Waals surface area contributed by atoms with Gasteiger partial charge in [-0.3, -0.25) is 24.7 Å². The van der Waals surface area contributed by atoms with Crippen LogP contribution in [0.1, 0.15) is 88.5 Å². The first-order valence-corrected chi connectivity index (χ1v) is 21.3. The van der Waals surface area contributed by atoms with Crippen molar-refractivity contribution in [1.82, 2.24) is 15.1 Å². The summed E-state index contributed by atoms with van der Waals surface area (Å²) in [5.41, 5.74) is 4.32. The molecule has 0 saturated carbocycles. The molecular formula is C44H48N4O11S. The molecule has 60 heavy (non-hydrogen) atoms. The van der Waals surface area contributed by atoms with E-state index in [9.17, 15) is 24.8 Å². The van der Waals surface area contributed by atoms with Crippen LogP contribution in [-0.2, 0) is 37.5 Å². The van der Waals surface area contributed by atoms with Gasteiger partial charge in [-0.05, 0) is 74.5 Å². The van der Waals surface area contributed by atoms with Crippen molar-refractivity contribution in [2.24, 2.45) is 0 Å². The van der Waals surface area contributed by atoms with Crippen molar-refractivity contribution < 1.29 is 52.6 Å². The number of likely N-dealkylation sites (N-methyl/N-ethyl adjacent to an activating group) is 1. The number of hydrogen-bond acceptors (Lipinski definition) is 16. The minimum Gasteiger partial charge on any atom is -0.504 e. The molecule has 7 atom stereocenters. The number of nitrogens with one attached hydrogen (secondary N) is 1. The van der Waals surface area contributed by atoms with Crippen LogP contribution in [0.3, 0.4) is 0 Å². The topological polar surface area (TPSA) is 178 Å². The zero-order chi connectivity index (χ0) is 42.4. The van der Waals surface area contributed by atoms with E-state index < -0.39 is 46.9 Å². The van der Waals surface area contributed by atoms with E-state index in [1.807, 2.05) is 33.9 Å². The van der Waals surface area contributed by atoms with Crippen molar-refractivity contribution in [1.29, 1.82) is 5.26 Å². The largest absolute Gasteiger partial charge is 0.504 e. The zero-order valence-electron chi connectivity index (χ0n) is 34.6. The van der Waals surface area contributed by atoms with E-state index in [2.05, 4.69) is 21.2 Å². The van der Waals surface area contributed by atoms with Gasteiger partial charge in [0.1, 0.15) is 18.4 Å². The lowest BCUT2D eigenvalue weighted by Crippen LogP contribution is -2.69. The highest BCUT2D eigenvalue weighted by Crippen LogP contribution is 2.64. The predicted octanol–water partition coefficient (Wildman–Crippen LogP) is 4.99. The molecule has 0 radical (unpaired) electrons. The molecular weight excluding hydrogens is 793 g/mol. The molecule has 15 nitrogen and oxygen atoms in total. The number of hydrogen-bond donors (Lipinski definition) is 2. The number of thioether (sulfide) groups is 1. The number of carbonyl (C=O) groups excluding carboxylic acids is 3. The summed E-state index contributed by atoms with van der Waals surface area (Å²) in [4.78, 5) is 45.0. The van der Waals surface area contributed by atoms with E-state index in [1.165, 1.54) is 32.9 Å². The maximum absolute atomic E-state index is 15.0. The van der Waals surface area contributed by atoms with Crippen molar-refractivity contribution in [3.8, 4) is 46.3 Å². The quantitative estimate of drug-likeness (QED) is 0.251. The molecule has 2 unspecified atom stereocenters. The van der Waals surface area contributed by atoms with Crippen molar-refractivity contribution >= 4 is 29.7 Å². The number of fused-ring (bicyclic) bond motifs is 9. The number of piperazine rings is 1. The molecule has 10 rings (SSSR count). The number of aryl methyl sites for hydroxylation is 1. The standard InChI is InChI=1S/C44H48N4O11S/c1-8-9-31(50)59-30-14-23-10-11-46-44(25(23)15-29(30)53-6)18-60-42-34-33(41-40(56-19-57-41)21(3)39(34)58-22(4)49)28(17-55-43(44)52)48-27(16-45)26-13-24-12-20(2)38(54-7)37(51)32(24)35(36(42)48)47(26)5/h12,14-15,26-28,35-36,42,46,51H,8-11,13,17-19H2,1-7H3/t26-,27-,28-,35?,36?,42+,44+/m0/s1. The minimum atomic E-state index is -1.41. The van der Waals surface area contributed by atoms with Gasteiger partial charge in [0.25, 0.3) is 0 Å². The van der Waals surface area contributed by atoms with Gasteiger partial charge < -0.3 is 38.3 Å². The Morgan fingerprint density at radius 2 is 1.82 bits per heavy atom. The number of aromatic hydroxyl groups is 1. The first-order chi connectivity index (χ1) is 28.9. The molecule has 7 aliphatic heterocycles. The SMILES string of the molecule is CCCC(=O)Oc1cc2c(cc1OC)[C@@]1(CS[C@@H]3c4c(OC(C)=O)c(C)c5c(c4[C@H](COC1=O)N1C3C3c4c(cc(C)c(OC)c4O)C[C@@H]([C@@H]1C#N)N3C)OCO5)NCC2. The number of esters is 3.